The fraction of sp³-hybridized carbons (Fsp3) is 0.182. The molecule has 0 amide bonds. The second-order valence-corrected chi connectivity index (χ2v) is 9.68. The molecule has 0 fully saturated rings. The van der Waals surface area contributed by atoms with Gasteiger partial charge in [0.25, 0.3) is 0 Å². The molecule has 2 aromatic heterocycles. The third-order valence-electron chi connectivity index (χ3n) is 4.72. The van der Waals surface area contributed by atoms with E-state index in [2.05, 4.69) is 36.1 Å². The molecule has 0 aliphatic rings. The van der Waals surface area contributed by atoms with Crippen molar-refractivity contribution in [1.29, 1.82) is 0 Å². The normalized spacial score (nSPS) is 11.6. The van der Waals surface area contributed by atoms with Crippen molar-refractivity contribution >= 4 is 37.4 Å². The van der Waals surface area contributed by atoms with Crippen LogP contribution in [0.1, 0.15) is 6.92 Å². The lowest BCUT2D eigenvalue weighted by molar-refractivity contribution is -0.202. The second-order valence-electron chi connectivity index (χ2n) is 7.06. The summed E-state index contributed by atoms with van der Waals surface area (Å²) in [5, 5.41) is 17.7. The minimum absolute atomic E-state index is 0.0638. The molecule has 0 unspecified atom stereocenters. The summed E-state index contributed by atoms with van der Waals surface area (Å²) in [4.78, 5) is 14.5. The Balaban J connectivity index is 1.48. The maximum Gasteiger partial charge on any atom is 0.240 e. The van der Waals surface area contributed by atoms with Gasteiger partial charge >= 0.3 is 0 Å². The molecule has 0 radical (unpaired) electrons. The van der Waals surface area contributed by atoms with E-state index in [4.69, 9.17) is 9.78 Å². The fourth-order valence-electron chi connectivity index (χ4n) is 3.17. The Bertz CT molecular complexity index is 1410. The highest BCUT2D eigenvalue weighted by Gasteiger charge is 2.16. The number of sulfonamides is 1. The summed E-state index contributed by atoms with van der Waals surface area (Å²) in [7, 11) is -3.76. The Morgan fingerprint density at radius 2 is 1.94 bits per heavy atom. The number of aromatic nitrogens is 3. The molecule has 10 nitrogen and oxygen atoms in total. The number of halogens is 1. The van der Waals surface area contributed by atoms with Crippen molar-refractivity contribution in [3.05, 3.63) is 65.3 Å². The Morgan fingerprint density at radius 3 is 2.74 bits per heavy atom. The van der Waals surface area contributed by atoms with Crippen molar-refractivity contribution in [3.63, 3.8) is 0 Å². The predicted octanol–water partition coefficient (Wildman–Crippen LogP) is 3.59. The third kappa shape index (κ3) is 5.30. The number of phenols is 1. The van der Waals surface area contributed by atoms with Crippen molar-refractivity contribution in [3.8, 4) is 22.8 Å². The van der Waals surface area contributed by atoms with Crippen LogP contribution in [-0.2, 0) is 14.9 Å². The van der Waals surface area contributed by atoms with Crippen molar-refractivity contribution in [2.24, 2.45) is 0 Å². The van der Waals surface area contributed by atoms with Gasteiger partial charge in [-0.05, 0) is 47.1 Å². The molecule has 0 aliphatic heterocycles. The zero-order valence-electron chi connectivity index (χ0n) is 18.1. The van der Waals surface area contributed by atoms with Crippen molar-refractivity contribution in [2.75, 3.05) is 25.0 Å². The molecule has 0 spiro atoms. The quantitative estimate of drug-likeness (QED) is 0.156. The molecule has 0 bridgehead atoms. The van der Waals surface area contributed by atoms with E-state index < -0.39 is 10.0 Å². The van der Waals surface area contributed by atoms with Crippen LogP contribution in [-0.4, -0.2) is 47.8 Å². The van der Waals surface area contributed by atoms with Gasteiger partial charge in [0, 0.05) is 30.8 Å². The minimum Gasteiger partial charge on any atom is -0.507 e. The topological polar surface area (TPSA) is 127 Å². The molecule has 178 valence electrons. The number of hydrogen-bond donors (Lipinski definition) is 3. The number of aromatic hydroxyl groups is 1. The molecule has 0 saturated carbocycles. The van der Waals surface area contributed by atoms with Gasteiger partial charge in [-0.25, -0.2) is 18.1 Å². The van der Waals surface area contributed by atoms with Crippen LogP contribution >= 0.6 is 15.9 Å². The summed E-state index contributed by atoms with van der Waals surface area (Å²) in [6, 6.07) is 14.7. The van der Waals surface area contributed by atoms with Gasteiger partial charge in [-0.3, -0.25) is 0 Å². The van der Waals surface area contributed by atoms with Gasteiger partial charge in [-0.1, -0.05) is 18.2 Å². The highest BCUT2D eigenvalue weighted by atomic mass is 79.9. The van der Waals surface area contributed by atoms with Gasteiger partial charge in [0.1, 0.15) is 11.6 Å². The number of para-hydroxylation sites is 1. The van der Waals surface area contributed by atoms with Crippen LogP contribution in [0.3, 0.4) is 0 Å². The fourth-order valence-corrected chi connectivity index (χ4v) is 4.58. The highest BCUT2D eigenvalue weighted by Crippen LogP contribution is 2.31. The molecule has 0 saturated heterocycles. The summed E-state index contributed by atoms with van der Waals surface area (Å²) in [5.41, 5.74) is 1.66. The van der Waals surface area contributed by atoms with Gasteiger partial charge in [-0.15, -0.1) is 0 Å². The molecule has 0 atom stereocenters. The molecule has 0 aliphatic carbocycles. The monoisotopic (exact) mass is 547 g/mol. The van der Waals surface area contributed by atoms with Crippen LogP contribution in [0, 0.1) is 0 Å². The van der Waals surface area contributed by atoms with Crippen LogP contribution in [0.2, 0.25) is 0 Å². The van der Waals surface area contributed by atoms with E-state index in [9.17, 15) is 13.5 Å². The van der Waals surface area contributed by atoms with Crippen molar-refractivity contribution in [1.82, 2.24) is 19.3 Å². The molecule has 4 aromatic rings. The zero-order chi connectivity index (χ0) is 24.1. The van der Waals surface area contributed by atoms with Crippen molar-refractivity contribution < 1.29 is 23.3 Å². The average molecular weight is 548 g/mol. The van der Waals surface area contributed by atoms with Crippen LogP contribution in [0.4, 0.5) is 5.82 Å². The van der Waals surface area contributed by atoms with E-state index in [0.29, 0.717) is 39.6 Å². The van der Waals surface area contributed by atoms with Crippen LogP contribution < -0.4 is 14.9 Å². The number of nitrogens with zero attached hydrogens (tertiary/aromatic N) is 3. The predicted molar refractivity (Wildman–Crippen MR) is 130 cm³/mol. The second kappa shape index (κ2) is 10.4. The van der Waals surface area contributed by atoms with Gasteiger partial charge in [0.2, 0.25) is 10.0 Å². The molecule has 34 heavy (non-hydrogen) atoms. The minimum atomic E-state index is -3.76. The number of rotatable bonds is 10. The number of nitrogens with one attached hydrogen (secondary N) is 2. The summed E-state index contributed by atoms with van der Waals surface area (Å²) < 4.78 is 30.2. The Labute approximate surface area is 204 Å². The maximum absolute atomic E-state index is 12.7. The summed E-state index contributed by atoms with van der Waals surface area (Å²) >= 11 is 3.43. The zero-order valence-corrected chi connectivity index (χ0v) is 20.5. The van der Waals surface area contributed by atoms with Gasteiger partial charge < -0.3 is 15.3 Å². The summed E-state index contributed by atoms with van der Waals surface area (Å²) in [6.45, 7) is 2.48. The number of benzene rings is 2. The number of phenolic OH excluding ortho intramolecular Hbond substituents is 1. The smallest absolute Gasteiger partial charge is 0.240 e. The lowest BCUT2D eigenvalue weighted by Gasteiger charge is -2.12. The number of hydrogen-bond acceptors (Lipinski definition) is 8. The first kappa shape index (κ1) is 24.0. The van der Waals surface area contributed by atoms with Gasteiger partial charge in [-0.2, -0.15) is 14.5 Å². The Morgan fingerprint density at radius 1 is 1.12 bits per heavy atom. The van der Waals surface area contributed by atoms with E-state index in [-0.39, 0.29) is 23.7 Å². The first-order valence-corrected chi connectivity index (χ1v) is 12.6. The molecule has 12 heteroatoms. The van der Waals surface area contributed by atoms with Crippen LogP contribution in [0.5, 0.6) is 11.5 Å². The van der Waals surface area contributed by atoms with Gasteiger partial charge in [0.05, 0.1) is 27.9 Å². The molecule has 3 N–H and O–H groups in total. The SMILES string of the molecule is CCOOc1cccc(S(=O)(=O)NCCNc2cc(-c3ccccc3O)nc3c(Br)cnn23)c1. The number of fused-ring (bicyclic) bond motifs is 1. The van der Waals surface area contributed by atoms with Crippen LogP contribution in [0.25, 0.3) is 16.9 Å². The standard InChI is InChI=1S/C22H22BrN5O5S/c1-2-32-33-15-6-5-7-16(12-15)34(30,31)26-11-10-24-21-13-19(17-8-3-4-9-20(17)29)27-22-18(23)14-25-28(21)22/h3-9,12-14,24,26,29H,2,10-11H2,1H3. The largest absolute Gasteiger partial charge is 0.507 e. The van der Waals surface area contributed by atoms with Crippen LogP contribution in [0.15, 0.2) is 70.2 Å². The molecule has 2 aromatic carbocycles. The summed E-state index contributed by atoms with van der Waals surface area (Å²) in [6.07, 6.45) is 1.61. The Kier molecular flexibility index (Phi) is 7.32. The maximum atomic E-state index is 12.7. The summed E-state index contributed by atoms with van der Waals surface area (Å²) in [5.74, 6) is 0.979. The first-order chi connectivity index (χ1) is 16.4. The first-order valence-electron chi connectivity index (χ1n) is 10.3. The molecular weight excluding hydrogens is 526 g/mol. The number of anilines is 1. The average Bonchev–Trinajstić information content (AvgIpc) is 3.21. The van der Waals surface area contributed by atoms with E-state index in [1.165, 1.54) is 12.1 Å². The molecule has 4 rings (SSSR count). The van der Waals surface area contributed by atoms with E-state index in [0.717, 1.165) is 0 Å². The van der Waals surface area contributed by atoms with Crippen molar-refractivity contribution in [2.45, 2.75) is 11.8 Å². The van der Waals surface area contributed by atoms with E-state index in [1.54, 1.807) is 54.0 Å². The Hall–Kier alpha value is -3.19. The van der Waals surface area contributed by atoms with E-state index >= 15 is 0 Å². The third-order valence-corrected chi connectivity index (χ3v) is 6.74. The molecular formula is C22H22BrN5O5S. The lowest BCUT2D eigenvalue weighted by atomic mass is 10.1. The lowest BCUT2D eigenvalue weighted by Crippen LogP contribution is -2.29. The molecule has 2 heterocycles. The highest BCUT2D eigenvalue weighted by molar-refractivity contribution is 9.10. The van der Waals surface area contributed by atoms with Gasteiger partial charge in [0.15, 0.2) is 11.4 Å². The van der Waals surface area contributed by atoms with E-state index in [1.807, 2.05) is 6.07 Å².